The molecule has 1 amide bonds. The lowest BCUT2D eigenvalue weighted by atomic mass is 10.2. The zero-order chi connectivity index (χ0) is 9.97. The number of nitrogen functional groups attached to an aromatic ring is 1. The molecular formula is C11H14N2O. The number of rotatable bonds is 3. The van der Waals surface area contributed by atoms with Crippen molar-refractivity contribution in [1.82, 2.24) is 5.32 Å². The van der Waals surface area contributed by atoms with E-state index in [1.165, 1.54) is 0 Å². The predicted octanol–water partition coefficient (Wildman–Crippen LogP) is 1.30. The fraction of sp³-hybridized carbons (Fsp3) is 0.364. The number of amides is 1. The number of hydrogen-bond donors (Lipinski definition) is 2. The van der Waals surface area contributed by atoms with Gasteiger partial charge < -0.3 is 11.1 Å². The Balaban J connectivity index is 1.91. The lowest BCUT2D eigenvalue weighted by Crippen LogP contribution is -2.24. The van der Waals surface area contributed by atoms with Gasteiger partial charge in [-0.3, -0.25) is 4.79 Å². The molecular weight excluding hydrogens is 176 g/mol. The Morgan fingerprint density at radius 1 is 1.43 bits per heavy atom. The number of carbonyl (C=O) groups excluding carboxylic acids is 1. The van der Waals surface area contributed by atoms with E-state index in [9.17, 15) is 4.79 Å². The summed E-state index contributed by atoms with van der Waals surface area (Å²) in [5, 5.41) is 2.88. The van der Waals surface area contributed by atoms with Gasteiger partial charge in [-0.15, -0.1) is 0 Å². The number of carbonyl (C=O) groups is 1. The molecule has 3 N–H and O–H groups in total. The van der Waals surface area contributed by atoms with Gasteiger partial charge in [0.25, 0.3) is 0 Å². The van der Waals surface area contributed by atoms with Crippen LogP contribution < -0.4 is 11.1 Å². The van der Waals surface area contributed by atoms with Gasteiger partial charge in [0.2, 0.25) is 5.91 Å². The fourth-order valence-electron chi connectivity index (χ4n) is 1.37. The van der Waals surface area contributed by atoms with Crippen molar-refractivity contribution < 1.29 is 4.79 Å². The molecule has 3 nitrogen and oxygen atoms in total. The predicted molar refractivity (Wildman–Crippen MR) is 55.4 cm³/mol. The quantitative estimate of drug-likeness (QED) is 0.706. The summed E-state index contributed by atoms with van der Waals surface area (Å²) in [6, 6.07) is 7.59. The SMILES string of the molecule is Nc1ccccc1CNC(=O)C1CC1. The molecule has 1 aliphatic rings. The number of nitrogens with one attached hydrogen (secondary N) is 1. The fourth-order valence-corrected chi connectivity index (χ4v) is 1.37. The molecule has 0 spiro atoms. The maximum Gasteiger partial charge on any atom is 0.223 e. The first-order chi connectivity index (χ1) is 6.77. The third kappa shape index (κ3) is 2.05. The van der Waals surface area contributed by atoms with Crippen molar-refractivity contribution in [1.29, 1.82) is 0 Å². The Bertz CT molecular complexity index is 345. The minimum atomic E-state index is 0.160. The zero-order valence-corrected chi connectivity index (χ0v) is 7.99. The smallest absolute Gasteiger partial charge is 0.223 e. The summed E-state index contributed by atoms with van der Waals surface area (Å²) in [5.41, 5.74) is 7.47. The molecule has 0 aromatic heterocycles. The van der Waals surface area contributed by atoms with E-state index in [0.29, 0.717) is 6.54 Å². The molecule has 0 heterocycles. The molecule has 74 valence electrons. The summed E-state index contributed by atoms with van der Waals surface area (Å²) >= 11 is 0. The third-order valence-corrected chi connectivity index (χ3v) is 2.46. The zero-order valence-electron chi connectivity index (χ0n) is 7.99. The second-order valence-electron chi connectivity index (χ2n) is 3.69. The molecule has 0 radical (unpaired) electrons. The van der Waals surface area contributed by atoms with Gasteiger partial charge in [0.05, 0.1) is 0 Å². The number of anilines is 1. The van der Waals surface area contributed by atoms with Crippen LogP contribution >= 0.6 is 0 Å². The molecule has 1 saturated carbocycles. The highest BCUT2D eigenvalue weighted by Crippen LogP contribution is 2.28. The van der Waals surface area contributed by atoms with Crippen LogP contribution in [0, 0.1) is 5.92 Å². The topological polar surface area (TPSA) is 55.1 Å². The Hall–Kier alpha value is -1.51. The van der Waals surface area contributed by atoms with Gasteiger partial charge >= 0.3 is 0 Å². The van der Waals surface area contributed by atoms with Gasteiger partial charge in [-0.2, -0.15) is 0 Å². The standard InChI is InChI=1S/C11H14N2O/c12-10-4-2-1-3-9(10)7-13-11(14)8-5-6-8/h1-4,8H,5-7,12H2,(H,13,14). The molecule has 0 saturated heterocycles. The molecule has 1 aromatic carbocycles. The van der Waals surface area contributed by atoms with Crippen LogP contribution in [0.1, 0.15) is 18.4 Å². The molecule has 0 bridgehead atoms. The van der Waals surface area contributed by atoms with Crippen LogP contribution in [-0.2, 0) is 11.3 Å². The Labute approximate surface area is 83.3 Å². The lowest BCUT2D eigenvalue weighted by Gasteiger charge is -2.06. The van der Waals surface area contributed by atoms with E-state index >= 15 is 0 Å². The Kier molecular flexibility index (Phi) is 2.39. The molecule has 0 atom stereocenters. The average molecular weight is 190 g/mol. The Morgan fingerprint density at radius 2 is 2.14 bits per heavy atom. The maximum atomic E-state index is 11.3. The van der Waals surface area contributed by atoms with E-state index in [4.69, 9.17) is 5.73 Å². The first-order valence-corrected chi connectivity index (χ1v) is 4.88. The molecule has 1 fully saturated rings. The minimum absolute atomic E-state index is 0.160. The van der Waals surface area contributed by atoms with Crippen molar-refractivity contribution in [2.24, 2.45) is 5.92 Å². The highest BCUT2D eigenvalue weighted by molar-refractivity contribution is 5.80. The van der Waals surface area contributed by atoms with Crippen molar-refractivity contribution in [2.45, 2.75) is 19.4 Å². The van der Waals surface area contributed by atoms with Gasteiger partial charge in [0.1, 0.15) is 0 Å². The van der Waals surface area contributed by atoms with Crippen molar-refractivity contribution in [3.05, 3.63) is 29.8 Å². The van der Waals surface area contributed by atoms with E-state index in [-0.39, 0.29) is 11.8 Å². The highest BCUT2D eigenvalue weighted by atomic mass is 16.2. The number of para-hydroxylation sites is 1. The van der Waals surface area contributed by atoms with Gasteiger partial charge in [-0.05, 0) is 24.5 Å². The van der Waals surface area contributed by atoms with E-state index < -0.39 is 0 Å². The molecule has 2 rings (SSSR count). The summed E-state index contributed by atoms with van der Waals surface area (Å²) in [7, 11) is 0. The van der Waals surface area contributed by atoms with Gasteiger partial charge in [-0.25, -0.2) is 0 Å². The van der Waals surface area contributed by atoms with Crippen LogP contribution in [0.25, 0.3) is 0 Å². The summed E-state index contributed by atoms with van der Waals surface area (Å²) in [6.07, 6.45) is 2.08. The molecule has 0 aliphatic heterocycles. The van der Waals surface area contributed by atoms with Crippen LogP contribution in [0.2, 0.25) is 0 Å². The highest BCUT2D eigenvalue weighted by Gasteiger charge is 2.29. The van der Waals surface area contributed by atoms with Crippen molar-refractivity contribution in [3.8, 4) is 0 Å². The molecule has 1 aromatic rings. The van der Waals surface area contributed by atoms with Crippen molar-refractivity contribution in [2.75, 3.05) is 5.73 Å². The van der Waals surface area contributed by atoms with Gasteiger partial charge in [0.15, 0.2) is 0 Å². The van der Waals surface area contributed by atoms with Gasteiger partial charge in [0, 0.05) is 18.2 Å². The van der Waals surface area contributed by atoms with E-state index in [2.05, 4.69) is 5.32 Å². The van der Waals surface area contributed by atoms with Crippen LogP contribution in [0.15, 0.2) is 24.3 Å². The summed E-state index contributed by atoms with van der Waals surface area (Å²) in [5.74, 6) is 0.424. The normalized spacial score (nSPS) is 15.1. The van der Waals surface area contributed by atoms with Crippen molar-refractivity contribution in [3.63, 3.8) is 0 Å². The molecule has 1 aliphatic carbocycles. The second kappa shape index (κ2) is 3.70. The summed E-state index contributed by atoms with van der Waals surface area (Å²) < 4.78 is 0. The first kappa shape index (κ1) is 9.06. The lowest BCUT2D eigenvalue weighted by molar-refractivity contribution is -0.122. The van der Waals surface area contributed by atoms with Crippen LogP contribution in [-0.4, -0.2) is 5.91 Å². The Morgan fingerprint density at radius 3 is 2.79 bits per heavy atom. The second-order valence-corrected chi connectivity index (χ2v) is 3.69. The summed E-state index contributed by atoms with van der Waals surface area (Å²) in [6.45, 7) is 0.544. The molecule has 0 unspecified atom stereocenters. The minimum Gasteiger partial charge on any atom is -0.398 e. The maximum absolute atomic E-state index is 11.3. The number of hydrogen-bond acceptors (Lipinski definition) is 2. The van der Waals surface area contributed by atoms with Gasteiger partial charge in [-0.1, -0.05) is 18.2 Å². The largest absolute Gasteiger partial charge is 0.398 e. The van der Waals surface area contributed by atoms with E-state index in [0.717, 1.165) is 24.1 Å². The van der Waals surface area contributed by atoms with Crippen LogP contribution in [0.3, 0.4) is 0 Å². The average Bonchev–Trinajstić information content (AvgIpc) is 2.99. The van der Waals surface area contributed by atoms with E-state index in [1.807, 2.05) is 24.3 Å². The van der Waals surface area contributed by atoms with Crippen LogP contribution in [0.5, 0.6) is 0 Å². The number of nitrogens with two attached hydrogens (primary N) is 1. The molecule has 3 heteroatoms. The van der Waals surface area contributed by atoms with E-state index in [1.54, 1.807) is 0 Å². The van der Waals surface area contributed by atoms with Crippen LogP contribution in [0.4, 0.5) is 5.69 Å². The summed E-state index contributed by atoms with van der Waals surface area (Å²) in [4.78, 5) is 11.3. The number of benzene rings is 1. The monoisotopic (exact) mass is 190 g/mol. The molecule has 14 heavy (non-hydrogen) atoms. The van der Waals surface area contributed by atoms with Crippen molar-refractivity contribution >= 4 is 11.6 Å². The third-order valence-electron chi connectivity index (χ3n) is 2.46. The first-order valence-electron chi connectivity index (χ1n) is 4.88.